The summed E-state index contributed by atoms with van der Waals surface area (Å²) in [6, 6.07) is 17.7. The number of carbonyl (C=O) groups is 1. The number of hydrogen-bond donors (Lipinski definition) is 1. The molecule has 2 unspecified atom stereocenters. The van der Waals surface area contributed by atoms with Crippen LogP contribution >= 0.6 is 0 Å². The van der Waals surface area contributed by atoms with Crippen LogP contribution in [0.4, 0.5) is 0 Å². The third kappa shape index (κ3) is 4.10. The number of nitrogens with one attached hydrogen (secondary N) is 1. The van der Waals surface area contributed by atoms with Crippen molar-refractivity contribution >= 4 is 5.91 Å². The third-order valence-electron chi connectivity index (χ3n) is 3.68. The summed E-state index contributed by atoms with van der Waals surface area (Å²) in [7, 11) is 0. The maximum Gasteiger partial charge on any atom is 0.261 e. The molecule has 22 heavy (non-hydrogen) atoms. The molecule has 0 aliphatic rings. The summed E-state index contributed by atoms with van der Waals surface area (Å²) >= 11 is 0. The van der Waals surface area contributed by atoms with Crippen molar-refractivity contribution in [1.82, 2.24) is 5.32 Å². The van der Waals surface area contributed by atoms with Crippen LogP contribution in [0.5, 0.6) is 5.75 Å². The number of amides is 1. The zero-order valence-corrected chi connectivity index (χ0v) is 13.4. The number of hydrogen-bond acceptors (Lipinski definition) is 2. The molecular weight excluding hydrogens is 274 g/mol. The number of rotatable bonds is 6. The average molecular weight is 297 g/mol. The molecular formula is C19H23NO2. The SMILES string of the molecule is CCc1ccccc1OC(C)C(=O)NC(C)c1ccccc1. The third-order valence-corrected chi connectivity index (χ3v) is 3.68. The number of ether oxygens (including phenoxy) is 1. The fraction of sp³-hybridized carbons (Fsp3) is 0.316. The largest absolute Gasteiger partial charge is 0.481 e. The number of aryl methyl sites for hydroxylation is 1. The van der Waals surface area contributed by atoms with Gasteiger partial charge in [0.1, 0.15) is 5.75 Å². The van der Waals surface area contributed by atoms with Crippen LogP contribution in [0.2, 0.25) is 0 Å². The molecule has 2 aromatic carbocycles. The van der Waals surface area contributed by atoms with Gasteiger partial charge >= 0.3 is 0 Å². The second kappa shape index (κ2) is 7.64. The van der Waals surface area contributed by atoms with E-state index in [0.717, 1.165) is 23.3 Å². The lowest BCUT2D eigenvalue weighted by molar-refractivity contribution is -0.127. The Hall–Kier alpha value is -2.29. The summed E-state index contributed by atoms with van der Waals surface area (Å²) in [6.07, 6.45) is 0.351. The smallest absolute Gasteiger partial charge is 0.261 e. The van der Waals surface area contributed by atoms with Gasteiger partial charge in [-0.15, -0.1) is 0 Å². The number of carbonyl (C=O) groups excluding carboxylic acids is 1. The Labute approximate surface area is 132 Å². The predicted molar refractivity (Wildman–Crippen MR) is 88.9 cm³/mol. The molecule has 0 radical (unpaired) electrons. The maximum absolute atomic E-state index is 12.3. The van der Waals surface area contributed by atoms with E-state index in [9.17, 15) is 4.79 Å². The molecule has 1 amide bonds. The Morgan fingerprint density at radius 1 is 1.05 bits per heavy atom. The minimum Gasteiger partial charge on any atom is -0.481 e. The van der Waals surface area contributed by atoms with E-state index in [1.807, 2.05) is 61.5 Å². The van der Waals surface area contributed by atoms with E-state index >= 15 is 0 Å². The Balaban J connectivity index is 1.97. The van der Waals surface area contributed by atoms with Gasteiger partial charge in [0, 0.05) is 0 Å². The van der Waals surface area contributed by atoms with Crippen molar-refractivity contribution in [3.05, 3.63) is 65.7 Å². The zero-order chi connectivity index (χ0) is 15.9. The van der Waals surface area contributed by atoms with Gasteiger partial charge in [0.2, 0.25) is 0 Å². The summed E-state index contributed by atoms with van der Waals surface area (Å²) in [5, 5.41) is 2.99. The van der Waals surface area contributed by atoms with Crippen molar-refractivity contribution in [3.8, 4) is 5.75 Å². The normalized spacial score (nSPS) is 13.2. The summed E-state index contributed by atoms with van der Waals surface area (Å²) in [5.74, 6) is 0.669. The first kappa shape index (κ1) is 16.1. The van der Waals surface area contributed by atoms with E-state index in [4.69, 9.17) is 4.74 Å². The summed E-state index contributed by atoms with van der Waals surface area (Å²) in [6.45, 7) is 5.82. The maximum atomic E-state index is 12.3. The van der Waals surface area contributed by atoms with Crippen LogP contribution in [0.1, 0.15) is 37.9 Å². The summed E-state index contributed by atoms with van der Waals surface area (Å²) in [4.78, 5) is 12.3. The monoisotopic (exact) mass is 297 g/mol. The van der Waals surface area contributed by atoms with Crippen LogP contribution in [0.25, 0.3) is 0 Å². The van der Waals surface area contributed by atoms with E-state index in [-0.39, 0.29) is 11.9 Å². The van der Waals surface area contributed by atoms with Gasteiger partial charge in [-0.05, 0) is 37.5 Å². The molecule has 1 N–H and O–H groups in total. The highest BCUT2D eigenvalue weighted by Gasteiger charge is 2.18. The quantitative estimate of drug-likeness (QED) is 0.878. The van der Waals surface area contributed by atoms with Crippen LogP contribution < -0.4 is 10.1 Å². The fourth-order valence-electron chi connectivity index (χ4n) is 2.31. The van der Waals surface area contributed by atoms with E-state index in [0.29, 0.717) is 0 Å². The van der Waals surface area contributed by atoms with Gasteiger partial charge in [-0.2, -0.15) is 0 Å². The van der Waals surface area contributed by atoms with Crippen molar-refractivity contribution in [3.63, 3.8) is 0 Å². The van der Waals surface area contributed by atoms with Crippen molar-refractivity contribution in [2.45, 2.75) is 39.3 Å². The van der Waals surface area contributed by atoms with E-state index in [1.54, 1.807) is 6.92 Å². The lowest BCUT2D eigenvalue weighted by Crippen LogP contribution is -2.37. The molecule has 2 rings (SSSR count). The highest BCUT2D eigenvalue weighted by atomic mass is 16.5. The minimum absolute atomic E-state index is 0.0406. The number of benzene rings is 2. The molecule has 2 aromatic rings. The molecule has 0 spiro atoms. The highest BCUT2D eigenvalue weighted by Crippen LogP contribution is 2.20. The molecule has 0 aliphatic heterocycles. The molecule has 0 saturated heterocycles. The van der Waals surface area contributed by atoms with Crippen molar-refractivity contribution < 1.29 is 9.53 Å². The van der Waals surface area contributed by atoms with Crippen molar-refractivity contribution in [2.24, 2.45) is 0 Å². The van der Waals surface area contributed by atoms with Crippen LogP contribution in [-0.4, -0.2) is 12.0 Å². The lowest BCUT2D eigenvalue weighted by Gasteiger charge is -2.20. The zero-order valence-electron chi connectivity index (χ0n) is 13.4. The summed E-state index contributed by atoms with van der Waals surface area (Å²) in [5.41, 5.74) is 2.19. The van der Waals surface area contributed by atoms with Crippen LogP contribution in [-0.2, 0) is 11.2 Å². The molecule has 0 bridgehead atoms. The molecule has 0 saturated carbocycles. The molecule has 0 aromatic heterocycles. The Kier molecular flexibility index (Phi) is 5.59. The Morgan fingerprint density at radius 2 is 1.68 bits per heavy atom. The van der Waals surface area contributed by atoms with Gasteiger partial charge in [-0.25, -0.2) is 0 Å². The number of para-hydroxylation sites is 1. The Bertz CT molecular complexity index is 610. The first-order valence-corrected chi connectivity index (χ1v) is 7.71. The molecule has 0 fully saturated rings. The van der Waals surface area contributed by atoms with Crippen molar-refractivity contribution in [2.75, 3.05) is 0 Å². The first-order chi connectivity index (χ1) is 10.6. The molecule has 3 heteroatoms. The average Bonchev–Trinajstić information content (AvgIpc) is 2.56. The molecule has 0 heterocycles. The minimum atomic E-state index is -0.529. The van der Waals surface area contributed by atoms with Gasteiger partial charge in [0.25, 0.3) is 5.91 Å². The second-order valence-corrected chi connectivity index (χ2v) is 5.36. The van der Waals surface area contributed by atoms with Crippen molar-refractivity contribution in [1.29, 1.82) is 0 Å². The molecule has 3 nitrogen and oxygen atoms in total. The van der Waals surface area contributed by atoms with E-state index in [1.165, 1.54) is 0 Å². The van der Waals surface area contributed by atoms with Crippen LogP contribution in [0.15, 0.2) is 54.6 Å². The standard InChI is InChI=1S/C19H23NO2/c1-4-16-10-8-9-13-18(16)22-15(3)19(21)20-14(2)17-11-6-5-7-12-17/h5-15H,4H2,1-3H3,(H,20,21). The molecule has 116 valence electrons. The van der Waals surface area contributed by atoms with Crippen LogP contribution in [0, 0.1) is 0 Å². The summed E-state index contributed by atoms with van der Waals surface area (Å²) < 4.78 is 5.82. The Morgan fingerprint density at radius 3 is 2.36 bits per heavy atom. The molecule has 0 aliphatic carbocycles. The fourth-order valence-corrected chi connectivity index (χ4v) is 2.31. The van der Waals surface area contributed by atoms with Crippen LogP contribution in [0.3, 0.4) is 0 Å². The lowest BCUT2D eigenvalue weighted by atomic mass is 10.1. The molecule has 2 atom stereocenters. The topological polar surface area (TPSA) is 38.3 Å². The van der Waals surface area contributed by atoms with E-state index < -0.39 is 6.10 Å². The highest BCUT2D eigenvalue weighted by molar-refractivity contribution is 5.81. The predicted octanol–water partition coefficient (Wildman–Crippen LogP) is 3.89. The first-order valence-electron chi connectivity index (χ1n) is 7.71. The second-order valence-electron chi connectivity index (χ2n) is 5.36. The van der Waals surface area contributed by atoms with Gasteiger partial charge in [-0.1, -0.05) is 55.5 Å². The van der Waals surface area contributed by atoms with Gasteiger partial charge < -0.3 is 10.1 Å². The van der Waals surface area contributed by atoms with E-state index in [2.05, 4.69) is 12.2 Å². The van der Waals surface area contributed by atoms with Gasteiger partial charge in [0.05, 0.1) is 6.04 Å². The van der Waals surface area contributed by atoms with Gasteiger partial charge in [-0.3, -0.25) is 4.79 Å². The van der Waals surface area contributed by atoms with Gasteiger partial charge in [0.15, 0.2) is 6.10 Å².